The van der Waals surface area contributed by atoms with E-state index in [0.717, 1.165) is 17.5 Å². The third kappa shape index (κ3) is 5.09. The fourth-order valence-corrected chi connectivity index (χ4v) is 3.84. The van der Waals surface area contributed by atoms with Gasteiger partial charge in [0.2, 0.25) is 5.65 Å². The molecule has 4 rings (SSSR count). The lowest BCUT2D eigenvalue weighted by Crippen LogP contribution is -2.27. The smallest absolute Gasteiger partial charge is 0.348 e. The first-order valence-electron chi connectivity index (χ1n) is 11.1. The Morgan fingerprint density at radius 3 is 2.36 bits per heavy atom. The van der Waals surface area contributed by atoms with Gasteiger partial charge in [0, 0.05) is 36.7 Å². The van der Waals surface area contributed by atoms with Crippen LogP contribution in [0.2, 0.25) is 0 Å². The maximum absolute atomic E-state index is 12.8. The maximum Gasteiger partial charge on any atom is 0.348 e. The Hall–Kier alpha value is -3.59. The van der Waals surface area contributed by atoms with E-state index in [1.807, 2.05) is 51.2 Å². The Bertz CT molecular complexity index is 1260. The van der Waals surface area contributed by atoms with Crippen molar-refractivity contribution < 1.29 is 5.11 Å². The molecule has 9 nitrogen and oxygen atoms in total. The summed E-state index contributed by atoms with van der Waals surface area (Å²) >= 11 is 0. The maximum atomic E-state index is 12.8. The minimum Gasteiger partial charge on any atom is -0.387 e. The van der Waals surface area contributed by atoms with Gasteiger partial charge in [0.25, 0.3) is 0 Å². The molecule has 1 unspecified atom stereocenters. The van der Waals surface area contributed by atoms with E-state index in [-0.39, 0.29) is 0 Å². The summed E-state index contributed by atoms with van der Waals surface area (Å²) in [6, 6.07) is 7.75. The van der Waals surface area contributed by atoms with E-state index in [2.05, 4.69) is 25.5 Å². The topological polar surface area (TPSA) is 121 Å². The average molecular weight is 448 g/mol. The summed E-state index contributed by atoms with van der Waals surface area (Å²) < 4.78 is 1.45. The van der Waals surface area contributed by atoms with E-state index >= 15 is 0 Å². The lowest BCUT2D eigenvalue weighted by atomic mass is 9.88. The van der Waals surface area contributed by atoms with E-state index < -0.39 is 17.2 Å². The zero-order valence-corrected chi connectivity index (χ0v) is 19.1. The van der Waals surface area contributed by atoms with Crippen LogP contribution in [-0.4, -0.2) is 41.2 Å². The SMILES string of the molecule is CC(C)(C)c1nc(NCCc2cccnc2)c2n[nH]c(=O)n2c1C(O)CCc1cccnc1. The number of nitrogens with zero attached hydrogens (tertiary/aromatic N) is 5. The second-order valence-corrected chi connectivity index (χ2v) is 9.09. The van der Waals surface area contributed by atoms with Gasteiger partial charge >= 0.3 is 5.69 Å². The quantitative estimate of drug-likeness (QED) is 0.380. The van der Waals surface area contributed by atoms with Crippen molar-refractivity contribution >= 4 is 11.5 Å². The molecular formula is C24H29N7O2. The second-order valence-electron chi connectivity index (χ2n) is 9.09. The van der Waals surface area contributed by atoms with Crippen LogP contribution in [0.3, 0.4) is 0 Å². The minimum absolute atomic E-state index is 0.370. The number of fused-ring (bicyclic) bond motifs is 1. The second kappa shape index (κ2) is 9.50. The van der Waals surface area contributed by atoms with E-state index in [0.29, 0.717) is 42.2 Å². The zero-order valence-electron chi connectivity index (χ0n) is 19.1. The largest absolute Gasteiger partial charge is 0.387 e. The molecule has 4 aromatic rings. The van der Waals surface area contributed by atoms with Crippen molar-refractivity contribution in [1.82, 2.24) is 29.5 Å². The van der Waals surface area contributed by atoms with E-state index in [1.54, 1.807) is 18.6 Å². The van der Waals surface area contributed by atoms with Gasteiger partial charge in [-0.05, 0) is 42.5 Å². The predicted molar refractivity (Wildman–Crippen MR) is 126 cm³/mol. The highest BCUT2D eigenvalue weighted by atomic mass is 16.3. The number of hydrogen-bond acceptors (Lipinski definition) is 7. The molecule has 0 saturated heterocycles. The molecule has 0 bridgehead atoms. The molecular weight excluding hydrogens is 418 g/mol. The molecule has 0 radical (unpaired) electrons. The van der Waals surface area contributed by atoms with Crippen LogP contribution < -0.4 is 11.0 Å². The van der Waals surface area contributed by atoms with Gasteiger partial charge in [-0.2, -0.15) is 0 Å². The molecule has 0 aliphatic heterocycles. The number of hydrogen-bond donors (Lipinski definition) is 3. The third-order valence-electron chi connectivity index (χ3n) is 5.48. The number of anilines is 1. The number of aromatic amines is 1. The molecule has 1 atom stereocenters. The van der Waals surface area contributed by atoms with Crippen LogP contribution in [0.25, 0.3) is 5.65 Å². The lowest BCUT2D eigenvalue weighted by Gasteiger charge is -2.26. The van der Waals surface area contributed by atoms with Crippen LogP contribution in [-0.2, 0) is 18.3 Å². The van der Waals surface area contributed by atoms with Gasteiger partial charge in [-0.15, -0.1) is 5.10 Å². The van der Waals surface area contributed by atoms with Gasteiger partial charge < -0.3 is 10.4 Å². The summed E-state index contributed by atoms with van der Waals surface area (Å²) in [5, 5.41) is 21.2. The highest BCUT2D eigenvalue weighted by Crippen LogP contribution is 2.32. The summed E-state index contributed by atoms with van der Waals surface area (Å²) in [5.74, 6) is 0.505. The van der Waals surface area contributed by atoms with Gasteiger partial charge in [-0.25, -0.2) is 19.3 Å². The monoisotopic (exact) mass is 447 g/mol. The number of rotatable bonds is 8. The van der Waals surface area contributed by atoms with Gasteiger partial charge in [0.1, 0.15) is 0 Å². The van der Waals surface area contributed by atoms with Crippen LogP contribution >= 0.6 is 0 Å². The van der Waals surface area contributed by atoms with Crippen molar-refractivity contribution in [1.29, 1.82) is 0 Å². The van der Waals surface area contributed by atoms with Crippen LogP contribution in [0.5, 0.6) is 0 Å². The number of pyridine rings is 2. The summed E-state index contributed by atoms with van der Waals surface area (Å²) in [6.07, 6.45) is 7.97. The van der Waals surface area contributed by atoms with Crippen LogP contribution in [0.1, 0.15) is 55.8 Å². The first-order valence-corrected chi connectivity index (χ1v) is 11.1. The number of nitrogens with one attached hydrogen (secondary N) is 2. The first kappa shape index (κ1) is 22.6. The summed E-state index contributed by atoms with van der Waals surface area (Å²) in [6.45, 7) is 6.65. The molecule has 4 heterocycles. The molecule has 0 fully saturated rings. The molecule has 0 saturated carbocycles. The summed E-state index contributed by atoms with van der Waals surface area (Å²) in [5.41, 5.74) is 2.80. The van der Waals surface area contributed by atoms with Crippen LogP contribution in [0.4, 0.5) is 5.82 Å². The molecule has 0 aliphatic rings. The van der Waals surface area contributed by atoms with Gasteiger partial charge in [-0.1, -0.05) is 32.9 Å². The lowest BCUT2D eigenvalue weighted by molar-refractivity contribution is 0.158. The van der Waals surface area contributed by atoms with Crippen molar-refractivity contribution in [2.45, 2.75) is 51.6 Å². The van der Waals surface area contributed by atoms with Crippen LogP contribution in [0.15, 0.2) is 53.8 Å². The number of aliphatic hydroxyl groups excluding tert-OH is 1. The molecule has 0 spiro atoms. The van der Waals surface area contributed by atoms with E-state index in [1.165, 1.54) is 4.40 Å². The molecule has 0 aliphatic carbocycles. The highest BCUT2D eigenvalue weighted by Gasteiger charge is 2.29. The molecule has 9 heteroatoms. The Kier molecular flexibility index (Phi) is 6.50. The minimum atomic E-state index is -0.894. The van der Waals surface area contributed by atoms with Crippen molar-refractivity contribution in [3.05, 3.63) is 82.1 Å². The summed E-state index contributed by atoms with van der Waals surface area (Å²) in [7, 11) is 0. The fraction of sp³-hybridized carbons (Fsp3) is 0.375. The number of aryl methyl sites for hydroxylation is 1. The Labute approximate surface area is 192 Å². The molecule has 33 heavy (non-hydrogen) atoms. The zero-order chi connectivity index (χ0) is 23.4. The van der Waals surface area contributed by atoms with Gasteiger partial charge in [0.15, 0.2) is 5.82 Å². The van der Waals surface area contributed by atoms with Crippen molar-refractivity contribution in [2.24, 2.45) is 0 Å². The molecule has 0 amide bonds. The number of H-pyrrole nitrogens is 1. The van der Waals surface area contributed by atoms with Crippen LogP contribution in [0, 0.1) is 0 Å². The Morgan fingerprint density at radius 2 is 1.76 bits per heavy atom. The number of aromatic nitrogens is 6. The van der Waals surface area contributed by atoms with Crippen molar-refractivity contribution in [3.8, 4) is 0 Å². The molecule has 0 aromatic carbocycles. The van der Waals surface area contributed by atoms with E-state index in [4.69, 9.17) is 4.98 Å². The predicted octanol–water partition coefficient (Wildman–Crippen LogP) is 2.83. The molecule has 172 valence electrons. The summed E-state index contributed by atoms with van der Waals surface area (Å²) in [4.78, 5) is 25.9. The Balaban J connectivity index is 1.68. The molecule has 3 N–H and O–H groups in total. The van der Waals surface area contributed by atoms with Gasteiger partial charge in [0.05, 0.1) is 17.5 Å². The average Bonchev–Trinajstić information content (AvgIpc) is 3.20. The third-order valence-corrected chi connectivity index (χ3v) is 5.48. The first-order chi connectivity index (χ1) is 15.8. The molecule has 4 aromatic heterocycles. The van der Waals surface area contributed by atoms with Gasteiger partial charge in [-0.3, -0.25) is 9.97 Å². The fourth-order valence-electron chi connectivity index (χ4n) is 3.84. The normalized spacial score (nSPS) is 12.7. The standard InChI is InChI=1S/C24H29N7O2/c1-24(2,3)20-19(18(32)9-8-16-6-4-11-25-14-16)31-22(29-30-23(31)33)21(28-20)27-13-10-17-7-5-12-26-15-17/h4-7,11-12,14-15,18,32H,8-10,13H2,1-3H3,(H,27,28)(H,30,33). The van der Waals surface area contributed by atoms with Crippen molar-refractivity contribution in [2.75, 3.05) is 11.9 Å². The van der Waals surface area contributed by atoms with Crippen molar-refractivity contribution in [3.63, 3.8) is 0 Å². The Morgan fingerprint density at radius 1 is 1.09 bits per heavy atom. The number of aliphatic hydroxyl groups is 1. The highest BCUT2D eigenvalue weighted by molar-refractivity contribution is 5.63. The van der Waals surface area contributed by atoms with E-state index in [9.17, 15) is 9.90 Å².